The number of carbonyl (C=O) groups is 1. The molecule has 0 saturated heterocycles. The molecule has 1 aliphatic rings. The van der Waals surface area contributed by atoms with E-state index in [0.29, 0.717) is 18.8 Å². The predicted molar refractivity (Wildman–Crippen MR) is 101 cm³/mol. The van der Waals surface area contributed by atoms with Gasteiger partial charge < -0.3 is 4.74 Å². The van der Waals surface area contributed by atoms with E-state index in [0.717, 1.165) is 25.7 Å². The van der Waals surface area contributed by atoms with Crippen molar-refractivity contribution in [1.82, 2.24) is 0 Å². The van der Waals surface area contributed by atoms with Crippen molar-refractivity contribution in [1.29, 1.82) is 0 Å². The third-order valence-electron chi connectivity index (χ3n) is 6.56. The average Bonchev–Trinajstić information content (AvgIpc) is 2.81. The van der Waals surface area contributed by atoms with Crippen molar-refractivity contribution >= 4 is 5.97 Å². The monoisotopic (exact) mass is 612 g/mol. The second-order valence-corrected chi connectivity index (χ2v) is 9.37. The van der Waals surface area contributed by atoms with E-state index in [4.69, 9.17) is 0 Å². The van der Waals surface area contributed by atoms with E-state index in [1.54, 1.807) is 0 Å². The highest BCUT2D eigenvalue weighted by molar-refractivity contribution is 5.69. The molecule has 0 atom stereocenters. The molecular formula is C21H24F16O2. The summed E-state index contributed by atoms with van der Waals surface area (Å²) in [5, 5.41) is 0. The predicted octanol–water partition coefficient (Wildman–Crippen LogP) is 8.63. The summed E-state index contributed by atoms with van der Waals surface area (Å²) in [6.45, 7) is -1.16. The minimum Gasteiger partial charge on any atom is -0.459 e. The molecule has 0 aromatic heterocycles. The highest BCUT2D eigenvalue weighted by Crippen LogP contribution is 2.62. The Morgan fingerprint density at radius 1 is 0.667 bits per heavy atom. The molecule has 0 amide bonds. The summed E-state index contributed by atoms with van der Waals surface area (Å²) in [7, 11) is 0. The fourth-order valence-electron chi connectivity index (χ4n) is 4.04. The Hall–Kier alpha value is -1.65. The number of hydrogen-bond acceptors (Lipinski definition) is 2. The third-order valence-corrected chi connectivity index (χ3v) is 6.56. The maximum atomic E-state index is 13.8. The molecule has 0 heterocycles. The smallest absolute Gasteiger partial charge is 0.385 e. The van der Waals surface area contributed by atoms with Crippen LogP contribution in [-0.4, -0.2) is 60.5 Å². The van der Waals surface area contributed by atoms with E-state index in [1.165, 1.54) is 0 Å². The molecule has 1 fully saturated rings. The van der Waals surface area contributed by atoms with E-state index in [2.05, 4.69) is 4.74 Å². The van der Waals surface area contributed by atoms with Crippen LogP contribution in [0.15, 0.2) is 0 Å². The van der Waals surface area contributed by atoms with Crippen LogP contribution < -0.4 is 0 Å². The van der Waals surface area contributed by atoms with Gasteiger partial charge in [0, 0.05) is 6.42 Å². The van der Waals surface area contributed by atoms with Gasteiger partial charge in [-0.2, -0.15) is 61.5 Å². The zero-order chi connectivity index (χ0) is 30.9. The van der Waals surface area contributed by atoms with Gasteiger partial charge in [0.05, 0.1) is 0 Å². The fourth-order valence-corrected chi connectivity index (χ4v) is 4.04. The first kappa shape index (κ1) is 35.4. The highest BCUT2D eigenvalue weighted by Gasteiger charge is 2.93. The van der Waals surface area contributed by atoms with Gasteiger partial charge in [-0.1, -0.05) is 45.4 Å². The number of rotatable bonds is 14. The van der Waals surface area contributed by atoms with E-state index >= 15 is 0 Å². The second-order valence-electron chi connectivity index (χ2n) is 9.37. The lowest BCUT2D eigenvalue weighted by Gasteiger charge is -2.42. The molecule has 18 heteroatoms. The van der Waals surface area contributed by atoms with E-state index in [-0.39, 0.29) is 12.3 Å². The lowest BCUT2D eigenvalue weighted by molar-refractivity contribution is -0.447. The normalized spacial score (nSPS) is 20.9. The van der Waals surface area contributed by atoms with Gasteiger partial charge in [0.25, 0.3) is 0 Å². The lowest BCUT2D eigenvalue weighted by Crippen LogP contribution is -2.74. The fraction of sp³-hybridized carbons (Fsp3) is 0.952. The van der Waals surface area contributed by atoms with Crippen LogP contribution in [0.25, 0.3) is 0 Å². The van der Waals surface area contributed by atoms with E-state index < -0.39 is 66.9 Å². The summed E-state index contributed by atoms with van der Waals surface area (Å²) < 4.78 is 217. The lowest BCUT2D eigenvalue weighted by atomic mass is 9.78. The summed E-state index contributed by atoms with van der Waals surface area (Å²) in [5.41, 5.74) is 0. The Labute approximate surface area is 211 Å². The summed E-state index contributed by atoms with van der Waals surface area (Å²) in [4.78, 5) is 11.6. The van der Waals surface area contributed by atoms with Crippen molar-refractivity contribution in [3.05, 3.63) is 0 Å². The van der Waals surface area contributed by atoms with Gasteiger partial charge in [0.2, 0.25) is 0 Å². The average molecular weight is 612 g/mol. The van der Waals surface area contributed by atoms with Crippen molar-refractivity contribution in [3.63, 3.8) is 0 Å². The molecular weight excluding hydrogens is 588 g/mol. The van der Waals surface area contributed by atoms with Crippen molar-refractivity contribution in [2.24, 2.45) is 11.8 Å². The molecule has 1 saturated carbocycles. The Morgan fingerprint density at radius 3 is 1.46 bits per heavy atom. The molecule has 0 bridgehead atoms. The number of carbonyl (C=O) groups excluding carboxylic acids is 1. The standard InChI is InChI=1S/C21H24F16O2/c1-2-3-11-4-6-12(7-5-11)8-9-13(38)39-10-15(24,25)17(28,29)19(32,33)21(36,37)20(34,35)18(30,31)16(26,27)14(22)23/h11-12,14H,2-10H2,1H3/t11-,12-. The maximum Gasteiger partial charge on any atom is 0.385 e. The van der Waals surface area contributed by atoms with Gasteiger partial charge in [-0.25, -0.2) is 8.78 Å². The van der Waals surface area contributed by atoms with Crippen molar-refractivity contribution < 1.29 is 79.8 Å². The first-order valence-corrected chi connectivity index (χ1v) is 11.4. The minimum absolute atomic E-state index is 0.0203. The van der Waals surface area contributed by atoms with Crippen LogP contribution in [0, 0.1) is 11.8 Å². The zero-order valence-electron chi connectivity index (χ0n) is 20.0. The maximum absolute atomic E-state index is 13.8. The van der Waals surface area contributed by atoms with Crippen molar-refractivity contribution in [2.75, 3.05) is 6.61 Å². The van der Waals surface area contributed by atoms with Crippen LogP contribution in [0.1, 0.15) is 58.3 Å². The van der Waals surface area contributed by atoms with Crippen molar-refractivity contribution in [3.8, 4) is 0 Å². The highest BCUT2D eigenvalue weighted by atomic mass is 19.4. The molecule has 0 radical (unpaired) electrons. The third kappa shape index (κ3) is 6.32. The minimum atomic E-state index is -8.46. The van der Waals surface area contributed by atoms with Crippen LogP contribution >= 0.6 is 0 Å². The molecule has 0 aromatic rings. The Kier molecular flexibility index (Phi) is 10.6. The van der Waals surface area contributed by atoms with Crippen molar-refractivity contribution in [2.45, 2.75) is 106 Å². The number of ether oxygens (including phenoxy) is 1. The Bertz CT molecular complexity index is 819. The number of hydrogen-bond donors (Lipinski definition) is 0. The Balaban J connectivity index is 3.00. The topological polar surface area (TPSA) is 26.3 Å². The first-order valence-electron chi connectivity index (χ1n) is 11.4. The first-order chi connectivity index (χ1) is 17.3. The molecule has 0 aliphatic heterocycles. The van der Waals surface area contributed by atoms with Crippen LogP contribution in [0.2, 0.25) is 0 Å². The molecule has 39 heavy (non-hydrogen) atoms. The number of alkyl halides is 16. The van der Waals surface area contributed by atoms with Crippen LogP contribution in [0.3, 0.4) is 0 Å². The Morgan fingerprint density at radius 2 is 1.05 bits per heavy atom. The zero-order valence-corrected chi connectivity index (χ0v) is 20.0. The molecule has 1 aliphatic carbocycles. The van der Waals surface area contributed by atoms with E-state index in [9.17, 15) is 75.0 Å². The SMILES string of the molecule is CCC[C@H]1CC[C@H](CCC(=O)OCC(F)(F)C(F)(F)C(F)(F)C(F)(F)C(F)(F)C(F)(F)C(F)(F)C(F)F)CC1. The second kappa shape index (κ2) is 11.7. The van der Waals surface area contributed by atoms with Gasteiger partial charge >= 0.3 is 53.9 Å². The molecule has 0 unspecified atom stereocenters. The van der Waals surface area contributed by atoms with Gasteiger partial charge in [-0.3, -0.25) is 4.79 Å². The van der Waals surface area contributed by atoms with Gasteiger partial charge in [-0.05, 0) is 18.3 Å². The van der Waals surface area contributed by atoms with Gasteiger partial charge in [-0.15, -0.1) is 0 Å². The van der Waals surface area contributed by atoms with Crippen LogP contribution in [-0.2, 0) is 9.53 Å². The van der Waals surface area contributed by atoms with Gasteiger partial charge in [0.1, 0.15) is 0 Å². The quantitative estimate of drug-likeness (QED) is 0.145. The molecule has 0 N–H and O–H groups in total. The summed E-state index contributed by atoms with van der Waals surface area (Å²) >= 11 is 0. The number of esters is 1. The van der Waals surface area contributed by atoms with E-state index in [1.807, 2.05) is 6.92 Å². The summed E-state index contributed by atoms with van der Waals surface area (Å²) in [5.74, 6) is -56.6. The largest absolute Gasteiger partial charge is 0.459 e. The van der Waals surface area contributed by atoms with Crippen LogP contribution in [0.4, 0.5) is 70.2 Å². The molecule has 2 nitrogen and oxygen atoms in total. The molecule has 232 valence electrons. The van der Waals surface area contributed by atoms with Gasteiger partial charge in [0.15, 0.2) is 6.61 Å². The molecule has 1 rings (SSSR count). The molecule has 0 spiro atoms. The van der Waals surface area contributed by atoms with Crippen LogP contribution in [0.5, 0.6) is 0 Å². The molecule has 0 aromatic carbocycles. The summed E-state index contributed by atoms with van der Waals surface area (Å²) in [6, 6.07) is 0. The number of halogens is 16. The summed E-state index contributed by atoms with van der Waals surface area (Å²) in [6.07, 6.45) is -2.00.